The molecule has 170 valence electrons. The summed E-state index contributed by atoms with van der Waals surface area (Å²) in [4.78, 5) is 25.0. The molecule has 0 atom stereocenters. The molecule has 1 fully saturated rings. The molecule has 6 heteroatoms. The minimum Gasteiger partial charge on any atom is -0.482 e. The van der Waals surface area contributed by atoms with Crippen LogP contribution < -0.4 is 4.74 Å². The molecule has 5 rings (SSSR count). The number of carbonyl (C=O) groups excluding carboxylic acids is 1. The van der Waals surface area contributed by atoms with Crippen LogP contribution in [0.3, 0.4) is 0 Å². The Kier molecular flexibility index (Phi) is 5.72. The van der Waals surface area contributed by atoms with Crippen LogP contribution in [0.1, 0.15) is 24.0 Å². The van der Waals surface area contributed by atoms with Gasteiger partial charge < -0.3 is 9.64 Å². The third kappa shape index (κ3) is 4.48. The molecular weight excluding hydrogens is 428 g/mol. The van der Waals surface area contributed by atoms with Gasteiger partial charge in [-0.25, -0.2) is 0 Å². The van der Waals surface area contributed by atoms with Crippen LogP contribution in [0.4, 0.5) is 5.69 Å². The summed E-state index contributed by atoms with van der Waals surface area (Å²) in [5.74, 6) is 0.765. The van der Waals surface area contributed by atoms with Crippen LogP contribution in [0.15, 0.2) is 84.9 Å². The number of benzene rings is 3. The highest BCUT2D eigenvalue weighted by atomic mass is 16.6. The molecule has 0 radical (unpaired) electrons. The Morgan fingerprint density at radius 2 is 1.76 bits per heavy atom. The normalized spacial score (nSPS) is 16.3. The molecule has 1 spiro atoms. The number of nitrogens with zero attached hydrogens (tertiary/aromatic N) is 2. The van der Waals surface area contributed by atoms with Crippen molar-refractivity contribution in [2.45, 2.75) is 18.4 Å². The SMILES string of the molecule is O=C(/C=C/c1cccc([N+](=O)[O-])c1)N1CCC2(C=Cc3cc(-c4ccccc4)ccc3O2)CC1. The molecule has 0 aromatic heterocycles. The molecular formula is C28H24N2O4. The van der Waals surface area contributed by atoms with Crippen molar-refractivity contribution in [2.75, 3.05) is 13.1 Å². The van der Waals surface area contributed by atoms with E-state index in [1.807, 2.05) is 24.3 Å². The van der Waals surface area contributed by atoms with Crippen molar-refractivity contribution in [3.05, 3.63) is 106 Å². The van der Waals surface area contributed by atoms with Crippen LogP contribution in [-0.4, -0.2) is 34.4 Å². The van der Waals surface area contributed by atoms with Gasteiger partial charge in [0.2, 0.25) is 5.91 Å². The van der Waals surface area contributed by atoms with Gasteiger partial charge >= 0.3 is 0 Å². The van der Waals surface area contributed by atoms with Gasteiger partial charge in [0.1, 0.15) is 11.4 Å². The molecule has 0 unspecified atom stereocenters. The molecule has 2 aliphatic rings. The maximum absolute atomic E-state index is 12.7. The summed E-state index contributed by atoms with van der Waals surface area (Å²) >= 11 is 0. The zero-order valence-corrected chi connectivity index (χ0v) is 18.6. The first-order valence-electron chi connectivity index (χ1n) is 11.3. The van der Waals surface area contributed by atoms with Gasteiger partial charge in [-0.1, -0.05) is 54.6 Å². The van der Waals surface area contributed by atoms with E-state index in [-0.39, 0.29) is 11.6 Å². The van der Waals surface area contributed by atoms with Crippen molar-refractivity contribution in [1.82, 2.24) is 4.90 Å². The molecule has 6 nitrogen and oxygen atoms in total. The standard InChI is InChI=1S/C28H24N2O4/c31-27(12-9-21-5-4-8-25(19-21)30(32)33)29-17-15-28(16-18-29)14-13-24-20-23(10-11-26(24)34-28)22-6-2-1-3-7-22/h1-14,19-20H,15-18H2/b12-9+. The van der Waals surface area contributed by atoms with Gasteiger partial charge in [0.25, 0.3) is 5.69 Å². The second kappa shape index (κ2) is 8.98. The second-order valence-electron chi connectivity index (χ2n) is 8.63. The lowest BCUT2D eigenvalue weighted by molar-refractivity contribution is -0.384. The van der Waals surface area contributed by atoms with E-state index in [0.717, 1.165) is 16.9 Å². The van der Waals surface area contributed by atoms with Crippen molar-refractivity contribution < 1.29 is 14.5 Å². The van der Waals surface area contributed by atoms with Crippen molar-refractivity contribution >= 4 is 23.7 Å². The molecule has 1 amide bonds. The number of rotatable bonds is 4. The van der Waals surface area contributed by atoms with Gasteiger partial charge in [-0.3, -0.25) is 14.9 Å². The summed E-state index contributed by atoms with van der Waals surface area (Å²) in [5.41, 5.74) is 3.61. The third-order valence-corrected chi connectivity index (χ3v) is 6.42. The monoisotopic (exact) mass is 452 g/mol. The van der Waals surface area contributed by atoms with E-state index in [4.69, 9.17) is 4.74 Å². The molecule has 1 saturated heterocycles. The average Bonchev–Trinajstić information content (AvgIpc) is 2.88. The molecule has 3 aromatic carbocycles. The van der Waals surface area contributed by atoms with Crippen LogP contribution in [-0.2, 0) is 4.79 Å². The number of piperidine rings is 1. The second-order valence-corrected chi connectivity index (χ2v) is 8.63. The summed E-state index contributed by atoms with van der Waals surface area (Å²) in [7, 11) is 0. The molecule has 0 N–H and O–H groups in total. The Morgan fingerprint density at radius 1 is 0.971 bits per heavy atom. The lowest BCUT2D eigenvalue weighted by Gasteiger charge is -2.41. The lowest BCUT2D eigenvalue weighted by atomic mass is 9.87. The number of amides is 1. The molecule has 0 bridgehead atoms. The fourth-order valence-electron chi connectivity index (χ4n) is 4.47. The first kappa shape index (κ1) is 21.6. The van der Waals surface area contributed by atoms with Gasteiger partial charge in [0, 0.05) is 49.7 Å². The van der Waals surface area contributed by atoms with Crippen molar-refractivity contribution in [1.29, 1.82) is 0 Å². The molecule has 2 aliphatic heterocycles. The quantitative estimate of drug-likeness (QED) is 0.287. The summed E-state index contributed by atoms with van der Waals surface area (Å²) in [6, 6.07) is 22.8. The highest BCUT2D eigenvalue weighted by molar-refractivity contribution is 5.92. The zero-order valence-electron chi connectivity index (χ0n) is 18.6. The van der Waals surface area contributed by atoms with E-state index in [1.54, 1.807) is 23.1 Å². The van der Waals surface area contributed by atoms with Crippen LogP contribution in [0.5, 0.6) is 5.75 Å². The summed E-state index contributed by atoms with van der Waals surface area (Å²) in [6.45, 7) is 1.17. The van der Waals surface area contributed by atoms with Gasteiger partial charge in [0.05, 0.1) is 4.92 Å². The van der Waals surface area contributed by atoms with Crippen molar-refractivity contribution in [2.24, 2.45) is 0 Å². The number of fused-ring (bicyclic) bond motifs is 1. The smallest absolute Gasteiger partial charge is 0.270 e. The number of nitro groups is 1. The number of carbonyl (C=O) groups is 1. The van der Waals surface area contributed by atoms with Crippen LogP contribution in [0.2, 0.25) is 0 Å². The minimum absolute atomic E-state index is 0.00641. The highest BCUT2D eigenvalue weighted by Gasteiger charge is 2.37. The van der Waals surface area contributed by atoms with Gasteiger partial charge in [-0.05, 0) is 41.0 Å². The Morgan fingerprint density at radius 3 is 2.53 bits per heavy atom. The summed E-state index contributed by atoms with van der Waals surface area (Å²) in [6.07, 6.45) is 8.78. The molecule has 2 heterocycles. The Balaban J connectivity index is 1.23. The van der Waals surface area contributed by atoms with E-state index >= 15 is 0 Å². The summed E-state index contributed by atoms with van der Waals surface area (Å²) < 4.78 is 6.44. The first-order valence-corrected chi connectivity index (χ1v) is 11.3. The summed E-state index contributed by atoms with van der Waals surface area (Å²) in [5, 5.41) is 10.9. The lowest BCUT2D eigenvalue weighted by Crippen LogP contribution is -2.49. The number of non-ortho nitro benzene ring substituents is 1. The Bertz CT molecular complexity index is 1290. The van der Waals surface area contributed by atoms with Gasteiger partial charge in [-0.15, -0.1) is 0 Å². The van der Waals surface area contributed by atoms with E-state index in [0.29, 0.717) is 31.5 Å². The Labute approximate surface area is 197 Å². The maximum atomic E-state index is 12.7. The molecule has 0 saturated carbocycles. The van der Waals surface area contributed by atoms with E-state index < -0.39 is 10.5 Å². The van der Waals surface area contributed by atoms with Crippen LogP contribution in [0.25, 0.3) is 23.3 Å². The number of likely N-dealkylation sites (tertiary alicyclic amines) is 1. The van der Waals surface area contributed by atoms with E-state index in [2.05, 4.69) is 36.4 Å². The predicted molar refractivity (Wildman–Crippen MR) is 132 cm³/mol. The zero-order chi connectivity index (χ0) is 23.5. The van der Waals surface area contributed by atoms with Crippen LogP contribution >= 0.6 is 0 Å². The van der Waals surface area contributed by atoms with Crippen molar-refractivity contribution in [3.8, 4) is 16.9 Å². The molecule has 3 aromatic rings. The topological polar surface area (TPSA) is 72.7 Å². The third-order valence-electron chi connectivity index (χ3n) is 6.42. The number of hydrogen-bond acceptors (Lipinski definition) is 4. The fourth-order valence-corrected chi connectivity index (χ4v) is 4.47. The Hall–Kier alpha value is -4.19. The van der Waals surface area contributed by atoms with Gasteiger partial charge in [0.15, 0.2) is 0 Å². The van der Waals surface area contributed by atoms with E-state index in [9.17, 15) is 14.9 Å². The maximum Gasteiger partial charge on any atom is 0.270 e. The number of nitro benzene ring substituents is 1. The van der Waals surface area contributed by atoms with Gasteiger partial charge in [-0.2, -0.15) is 0 Å². The highest BCUT2D eigenvalue weighted by Crippen LogP contribution is 2.38. The number of hydrogen-bond donors (Lipinski definition) is 0. The fraction of sp³-hybridized carbons (Fsp3) is 0.179. The minimum atomic E-state index is -0.443. The first-order chi connectivity index (χ1) is 16.5. The molecule has 34 heavy (non-hydrogen) atoms. The van der Waals surface area contributed by atoms with E-state index in [1.165, 1.54) is 23.8 Å². The number of ether oxygens (including phenoxy) is 1. The predicted octanol–water partition coefficient (Wildman–Crippen LogP) is 5.74. The van der Waals surface area contributed by atoms with Crippen LogP contribution in [0, 0.1) is 10.1 Å². The largest absolute Gasteiger partial charge is 0.482 e. The molecule has 0 aliphatic carbocycles. The van der Waals surface area contributed by atoms with Crippen molar-refractivity contribution in [3.63, 3.8) is 0 Å². The average molecular weight is 453 g/mol.